The summed E-state index contributed by atoms with van der Waals surface area (Å²) in [7, 11) is 0. The van der Waals surface area contributed by atoms with Crippen LogP contribution in [-0.4, -0.2) is 33.0 Å². The molecule has 1 N–H and O–H groups in total. The first-order valence-electron chi connectivity index (χ1n) is 7.88. The van der Waals surface area contributed by atoms with Gasteiger partial charge in [0.2, 0.25) is 5.91 Å². The number of hydrogen-bond acceptors (Lipinski definition) is 5. The fourth-order valence-electron chi connectivity index (χ4n) is 2.71. The van der Waals surface area contributed by atoms with E-state index in [4.69, 9.17) is 4.98 Å². The standard InChI is InChI=1S/C18H20N4OS2/c1-12(23)19-9-14-11-22(10-13-7-5-4-6-8-13)16-15(14)17(24-2)21-18(20-16)25-3/h4-8,11H,9-10H2,1-3H3,(H,19,23). The summed E-state index contributed by atoms with van der Waals surface area (Å²) in [6.07, 6.45) is 6.07. The zero-order valence-electron chi connectivity index (χ0n) is 14.4. The van der Waals surface area contributed by atoms with Gasteiger partial charge in [-0.1, -0.05) is 42.1 Å². The fourth-order valence-corrected chi connectivity index (χ4v) is 3.73. The summed E-state index contributed by atoms with van der Waals surface area (Å²) in [5.74, 6) is -0.0451. The van der Waals surface area contributed by atoms with E-state index in [2.05, 4.69) is 33.2 Å². The molecule has 5 nitrogen and oxygen atoms in total. The number of hydrogen-bond donors (Lipinski definition) is 1. The summed E-state index contributed by atoms with van der Waals surface area (Å²) < 4.78 is 2.14. The highest BCUT2D eigenvalue weighted by Crippen LogP contribution is 2.31. The first-order chi connectivity index (χ1) is 12.1. The second-order valence-corrected chi connectivity index (χ2v) is 7.16. The molecule has 0 unspecified atom stereocenters. The molecule has 1 aromatic carbocycles. The highest BCUT2D eigenvalue weighted by Gasteiger charge is 2.17. The number of nitrogens with zero attached hydrogens (tertiary/aromatic N) is 3. The lowest BCUT2D eigenvalue weighted by molar-refractivity contribution is -0.119. The minimum absolute atomic E-state index is 0.0451. The van der Waals surface area contributed by atoms with E-state index in [-0.39, 0.29) is 5.91 Å². The average molecular weight is 373 g/mol. The molecule has 1 amide bonds. The predicted octanol–water partition coefficient (Wildman–Crippen LogP) is 3.56. The van der Waals surface area contributed by atoms with E-state index in [1.165, 1.54) is 24.2 Å². The van der Waals surface area contributed by atoms with Crippen molar-refractivity contribution in [3.05, 3.63) is 47.7 Å². The molecule has 0 aliphatic carbocycles. The Bertz CT molecular complexity index is 893. The molecule has 0 saturated carbocycles. The second kappa shape index (κ2) is 7.93. The number of aromatic nitrogens is 3. The first-order valence-corrected chi connectivity index (χ1v) is 10.3. The van der Waals surface area contributed by atoms with Gasteiger partial charge in [0.25, 0.3) is 0 Å². The molecule has 7 heteroatoms. The molecule has 0 bridgehead atoms. The van der Waals surface area contributed by atoms with Crippen LogP contribution in [0.15, 0.2) is 46.7 Å². The minimum atomic E-state index is -0.0451. The van der Waals surface area contributed by atoms with Crippen molar-refractivity contribution in [3.63, 3.8) is 0 Å². The maximum atomic E-state index is 11.3. The smallest absolute Gasteiger partial charge is 0.217 e. The lowest BCUT2D eigenvalue weighted by Crippen LogP contribution is -2.18. The van der Waals surface area contributed by atoms with Gasteiger partial charge in [-0.05, 0) is 18.1 Å². The lowest BCUT2D eigenvalue weighted by atomic mass is 10.2. The van der Waals surface area contributed by atoms with Crippen molar-refractivity contribution in [1.82, 2.24) is 19.9 Å². The highest BCUT2D eigenvalue weighted by atomic mass is 32.2. The predicted molar refractivity (Wildman–Crippen MR) is 104 cm³/mol. The Morgan fingerprint density at radius 1 is 1.16 bits per heavy atom. The number of amides is 1. The molecule has 0 spiro atoms. The summed E-state index contributed by atoms with van der Waals surface area (Å²) in [6, 6.07) is 10.3. The zero-order valence-corrected chi connectivity index (χ0v) is 16.1. The summed E-state index contributed by atoms with van der Waals surface area (Å²) >= 11 is 3.14. The van der Waals surface area contributed by atoms with Gasteiger partial charge in [0.05, 0.1) is 5.39 Å². The van der Waals surface area contributed by atoms with Crippen molar-refractivity contribution in [2.75, 3.05) is 12.5 Å². The third kappa shape index (κ3) is 3.99. The van der Waals surface area contributed by atoms with E-state index in [1.807, 2.05) is 30.7 Å². The van der Waals surface area contributed by atoms with Crippen molar-refractivity contribution in [1.29, 1.82) is 0 Å². The molecule has 130 valence electrons. The first kappa shape index (κ1) is 17.8. The van der Waals surface area contributed by atoms with Gasteiger partial charge < -0.3 is 9.88 Å². The van der Waals surface area contributed by atoms with Gasteiger partial charge in [-0.2, -0.15) is 0 Å². The number of carbonyl (C=O) groups excluding carboxylic acids is 1. The number of rotatable bonds is 6. The molecule has 3 rings (SSSR count). The summed E-state index contributed by atoms with van der Waals surface area (Å²) in [5, 5.41) is 5.62. The van der Waals surface area contributed by atoms with Gasteiger partial charge in [-0.25, -0.2) is 9.97 Å². The van der Waals surface area contributed by atoms with Crippen LogP contribution in [0.5, 0.6) is 0 Å². The Morgan fingerprint density at radius 3 is 2.56 bits per heavy atom. The molecule has 2 heterocycles. The molecular weight excluding hydrogens is 352 g/mol. The number of fused-ring (bicyclic) bond motifs is 1. The Balaban J connectivity index is 2.12. The third-order valence-corrected chi connectivity index (χ3v) is 5.07. The third-order valence-electron chi connectivity index (χ3n) is 3.84. The van der Waals surface area contributed by atoms with Gasteiger partial charge in [0.1, 0.15) is 10.7 Å². The van der Waals surface area contributed by atoms with Crippen LogP contribution in [0.2, 0.25) is 0 Å². The van der Waals surface area contributed by atoms with Crippen LogP contribution >= 0.6 is 23.5 Å². The minimum Gasteiger partial charge on any atom is -0.352 e. The Labute approximate surface area is 155 Å². The zero-order chi connectivity index (χ0) is 17.8. The van der Waals surface area contributed by atoms with Gasteiger partial charge in [0.15, 0.2) is 5.16 Å². The largest absolute Gasteiger partial charge is 0.352 e. The lowest BCUT2D eigenvalue weighted by Gasteiger charge is -2.07. The molecule has 0 aliphatic heterocycles. The van der Waals surface area contributed by atoms with Crippen LogP contribution in [0.4, 0.5) is 0 Å². The molecule has 0 aliphatic rings. The Hall–Kier alpha value is -1.99. The molecule has 0 radical (unpaired) electrons. The normalized spacial score (nSPS) is 11.0. The van der Waals surface area contributed by atoms with Gasteiger partial charge >= 0.3 is 0 Å². The van der Waals surface area contributed by atoms with E-state index in [1.54, 1.807) is 11.8 Å². The maximum Gasteiger partial charge on any atom is 0.217 e. The van der Waals surface area contributed by atoms with Crippen LogP contribution in [0, 0.1) is 0 Å². The molecule has 25 heavy (non-hydrogen) atoms. The molecular formula is C18H20N4OS2. The van der Waals surface area contributed by atoms with Crippen LogP contribution in [0.3, 0.4) is 0 Å². The second-order valence-electron chi connectivity index (χ2n) is 5.60. The topological polar surface area (TPSA) is 59.8 Å². The SMILES string of the molecule is CSc1nc(SC)c2c(CNC(C)=O)cn(Cc3ccccc3)c2n1. The summed E-state index contributed by atoms with van der Waals surface area (Å²) in [5.41, 5.74) is 3.16. The molecule has 0 atom stereocenters. The van der Waals surface area contributed by atoms with Gasteiger partial charge in [-0.3, -0.25) is 4.79 Å². The summed E-state index contributed by atoms with van der Waals surface area (Å²) in [6.45, 7) is 2.74. The molecule has 3 aromatic rings. The van der Waals surface area contributed by atoms with E-state index in [9.17, 15) is 4.79 Å². The van der Waals surface area contributed by atoms with Gasteiger partial charge in [-0.15, -0.1) is 11.8 Å². The van der Waals surface area contributed by atoms with Crippen LogP contribution in [-0.2, 0) is 17.9 Å². The van der Waals surface area contributed by atoms with Crippen molar-refractivity contribution in [2.24, 2.45) is 0 Å². The molecule has 0 saturated heterocycles. The van der Waals surface area contributed by atoms with E-state index >= 15 is 0 Å². The number of thioether (sulfide) groups is 2. The number of carbonyl (C=O) groups is 1. The summed E-state index contributed by atoms with van der Waals surface area (Å²) in [4.78, 5) is 20.7. The maximum absolute atomic E-state index is 11.3. The quantitative estimate of drug-likeness (QED) is 0.407. The van der Waals surface area contributed by atoms with Crippen molar-refractivity contribution < 1.29 is 4.79 Å². The van der Waals surface area contributed by atoms with Crippen LogP contribution < -0.4 is 5.32 Å². The van der Waals surface area contributed by atoms with Gasteiger partial charge in [0, 0.05) is 31.8 Å². The van der Waals surface area contributed by atoms with Crippen LogP contribution in [0.25, 0.3) is 11.0 Å². The van der Waals surface area contributed by atoms with Crippen LogP contribution in [0.1, 0.15) is 18.1 Å². The number of benzene rings is 1. The highest BCUT2D eigenvalue weighted by molar-refractivity contribution is 7.99. The number of nitrogens with one attached hydrogen (secondary N) is 1. The van der Waals surface area contributed by atoms with Crippen molar-refractivity contribution in [3.8, 4) is 0 Å². The molecule has 0 fully saturated rings. The average Bonchev–Trinajstić information content (AvgIpc) is 2.97. The molecule has 2 aromatic heterocycles. The van der Waals surface area contributed by atoms with Crippen molar-refractivity contribution in [2.45, 2.75) is 30.2 Å². The van der Waals surface area contributed by atoms with Crippen molar-refractivity contribution >= 4 is 40.5 Å². The Kier molecular flexibility index (Phi) is 5.65. The fraction of sp³-hybridized carbons (Fsp3) is 0.278. The van der Waals surface area contributed by atoms with E-state index in [0.29, 0.717) is 6.54 Å². The monoisotopic (exact) mass is 372 g/mol. The van der Waals surface area contributed by atoms with E-state index < -0.39 is 0 Å². The van der Waals surface area contributed by atoms with E-state index in [0.717, 1.165) is 33.3 Å². The Morgan fingerprint density at radius 2 is 1.92 bits per heavy atom.